The van der Waals surface area contributed by atoms with Crippen LogP contribution >= 0.6 is 0 Å². The third-order valence-electron chi connectivity index (χ3n) is 12.1. The van der Waals surface area contributed by atoms with Crippen LogP contribution in [0.25, 0.3) is 0 Å². The monoisotopic (exact) mass is 694 g/mol. The lowest BCUT2D eigenvalue weighted by Gasteiger charge is -2.64. The molecule has 0 spiro atoms. The number of hydrogen-bond donors (Lipinski definition) is 2. The van der Waals surface area contributed by atoms with Gasteiger partial charge in [-0.15, -0.1) is 0 Å². The van der Waals surface area contributed by atoms with E-state index in [9.17, 15) is 19.2 Å². The average Bonchev–Trinajstić information content (AvgIpc) is 3.77. The number of nitrogens with zero attached hydrogens (tertiary/aromatic N) is 2. The summed E-state index contributed by atoms with van der Waals surface area (Å²) >= 11 is 0. The van der Waals surface area contributed by atoms with Crippen molar-refractivity contribution in [1.82, 2.24) is 20.4 Å². The van der Waals surface area contributed by atoms with Crippen molar-refractivity contribution < 1.29 is 38.0 Å². The normalized spacial score (nSPS) is 30.5. The Morgan fingerprint density at radius 2 is 1.70 bits per heavy atom. The number of hydrogen-bond acceptors (Lipinski definition) is 8. The average molecular weight is 695 g/mol. The number of likely N-dealkylation sites (tertiary alicyclic amines) is 1. The van der Waals surface area contributed by atoms with Crippen LogP contribution in [-0.4, -0.2) is 89.9 Å². The zero-order valence-electron chi connectivity index (χ0n) is 31.0. The molecule has 4 amide bonds. The van der Waals surface area contributed by atoms with Gasteiger partial charge < -0.3 is 34.3 Å². The zero-order valence-corrected chi connectivity index (χ0v) is 31.0. The van der Waals surface area contributed by atoms with Crippen molar-refractivity contribution in [3.05, 3.63) is 35.4 Å². The SMILES string of the molecule is CCC[C@H](NC(=O)[C@@H]1C[C@@H](OC(=O)N2Cc3ccccc3C2)CN1C(=O)[C@@H](NC(=O)OCC)C(C)(C)C)B1O[C@@H]2C[C@H]3C[C@H](C3(C)C)[C@]2(C)O1. The lowest BCUT2D eigenvalue weighted by atomic mass is 9.43. The number of ether oxygens (including phenoxy) is 2. The molecule has 2 bridgehead atoms. The Kier molecular flexibility index (Phi) is 9.97. The molecule has 2 saturated heterocycles. The maximum Gasteiger partial charge on any atom is 0.481 e. The third kappa shape index (κ3) is 6.72. The molecule has 1 aromatic rings. The van der Waals surface area contributed by atoms with Gasteiger partial charge in [-0.1, -0.05) is 72.2 Å². The van der Waals surface area contributed by atoms with Gasteiger partial charge in [-0.05, 0) is 66.9 Å². The molecule has 5 fully saturated rings. The van der Waals surface area contributed by atoms with Crippen molar-refractivity contribution in [3.8, 4) is 0 Å². The quantitative estimate of drug-likeness (QED) is 0.352. The Hall–Kier alpha value is -3.32. The van der Waals surface area contributed by atoms with E-state index in [-0.39, 0.29) is 37.0 Å². The van der Waals surface area contributed by atoms with Gasteiger partial charge >= 0.3 is 19.3 Å². The Labute approximate surface area is 296 Å². The van der Waals surface area contributed by atoms with E-state index in [1.165, 1.54) is 4.90 Å². The van der Waals surface area contributed by atoms with Gasteiger partial charge in [-0.25, -0.2) is 9.59 Å². The van der Waals surface area contributed by atoms with Crippen LogP contribution in [0.3, 0.4) is 0 Å². The second-order valence-corrected chi connectivity index (χ2v) is 16.8. The van der Waals surface area contributed by atoms with Crippen LogP contribution in [-0.2, 0) is 41.5 Å². The van der Waals surface area contributed by atoms with Crippen LogP contribution < -0.4 is 10.6 Å². The van der Waals surface area contributed by atoms with E-state index in [0.717, 1.165) is 30.4 Å². The molecule has 0 aromatic heterocycles. The molecule has 3 heterocycles. The van der Waals surface area contributed by atoms with Crippen molar-refractivity contribution in [2.75, 3.05) is 13.2 Å². The number of alkyl carbamates (subject to hydrolysis) is 1. The molecule has 6 aliphatic rings. The van der Waals surface area contributed by atoms with Crippen molar-refractivity contribution in [3.63, 3.8) is 0 Å². The van der Waals surface area contributed by atoms with Crippen molar-refractivity contribution in [2.45, 2.75) is 136 Å². The third-order valence-corrected chi connectivity index (χ3v) is 12.1. The van der Waals surface area contributed by atoms with E-state index >= 15 is 0 Å². The Bertz CT molecular complexity index is 1460. The molecule has 2 N–H and O–H groups in total. The van der Waals surface area contributed by atoms with E-state index in [0.29, 0.717) is 31.3 Å². The smallest absolute Gasteiger partial charge is 0.450 e. The van der Waals surface area contributed by atoms with Crippen LogP contribution in [0.15, 0.2) is 24.3 Å². The summed E-state index contributed by atoms with van der Waals surface area (Å²) in [4.78, 5) is 57.7. The van der Waals surface area contributed by atoms with Gasteiger partial charge in [0.05, 0.1) is 30.8 Å². The summed E-state index contributed by atoms with van der Waals surface area (Å²) in [6, 6.07) is 5.93. The molecule has 0 unspecified atom stereocenters. The number of carbonyl (C=O) groups is 4. The Morgan fingerprint density at radius 3 is 2.30 bits per heavy atom. The van der Waals surface area contributed by atoms with Gasteiger partial charge in [0.15, 0.2) is 0 Å². The van der Waals surface area contributed by atoms with Gasteiger partial charge in [0.2, 0.25) is 11.8 Å². The molecule has 0 radical (unpaired) electrons. The Balaban J connectivity index is 1.20. The molecule has 12 nitrogen and oxygen atoms in total. The first-order chi connectivity index (χ1) is 23.6. The molecular formula is C37H55BN4O8. The van der Waals surface area contributed by atoms with Crippen molar-refractivity contribution in [2.24, 2.45) is 22.7 Å². The fourth-order valence-corrected chi connectivity index (χ4v) is 9.10. The summed E-state index contributed by atoms with van der Waals surface area (Å²) in [6.07, 6.45) is 1.61. The minimum absolute atomic E-state index is 0.00764. The van der Waals surface area contributed by atoms with Gasteiger partial charge in [-0.3, -0.25) is 14.5 Å². The molecule has 3 aliphatic carbocycles. The highest BCUT2D eigenvalue weighted by Gasteiger charge is 2.68. The molecule has 13 heteroatoms. The maximum absolute atomic E-state index is 14.3. The molecule has 3 aliphatic heterocycles. The molecule has 7 rings (SSSR count). The van der Waals surface area contributed by atoms with E-state index in [4.69, 9.17) is 18.8 Å². The largest absolute Gasteiger partial charge is 0.481 e. The number of amides is 4. The van der Waals surface area contributed by atoms with Crippen LogP contribution in [0, 0.1) is 22.7 Å². The summed E-state index contributed by atoms with van der Waals surface area (Å²) in [6.45, 7) is 17.1. The molecular weight excluding hydrogens is 639 g/mol. The first-order valence-electron chi connectivity index (χ1n) is 18.5. The van der Waals surface area contributed by atoms with Crippen LogP contribution in [0.4, 0.5) is 9.59 Å². The molecule has 1 aromatic carbocycles. The second-order valence-electron chi connectivity index (χ2n) is 16.8. The number of carbonyl (C=O) groups excluding carboxylic acids is 4. The van der Waals surface area contributed by atoms with E-state index in [1.54, 1.807) is 11.8 Å². The van der Waals surface area contributed by atoms with Crippen LogP contribution in [0.5, 0.6) is 0 Å². The van der Waals surface area contributed by atoms with Gasteiger partial charge in [-0.2, -0.15) is 0 Å². The Morgan fingerprint density at radius 1 is 1.02 bits per heavy atom. The highest BCUT2D eigenvalue weighted by atomic mass is 16.7. The van der Waals surface area contributed by atoms with E-state index in [2.05, 4.69) is 38.3 Å². The summed E-state index contributed by atoms with van der Waals surface area (Å²) in [5.74, 6) is -0.278. The topological polar surface area (TPSA) is 136 Å². The second kappa shape index (κ2) is 13.7. The molecule has 8 atom stereocenters. The number of fused-ring (bicyclic) bond motifs is 1. The number of nitrogens with one attached hydrogen (secondary N) is 2. The number of rotatable bonds is 9. The first-order valence-corrected chi connectivity index (χ1v) is 18.5. The summed E-state index contributed by atoms with van der Waals surface area (Å²) in [5.41, 5.74) is 1.18. The van der Waals surface area contributed by atoms with Crippen molar-refractivity contribution in [1.29, 1.82) is 0 Å². The highest BCUT2D eigenvalue weighted by Crippen LogP contribution is 2.65. The molecule has 274 valence electrons. The lowest BCUT2D eigenvalue weighted by molar-refractivity contribution is -0.199. The molecule has 3 saturated carbocycles. The summed E-state index contributed by atoms with van der Waals surface area (Å²) in [5, 5.41) is 5.91. The first kappa shape index (κ1) is 36.5. The van der Waals surface area contributed by atoms with Crippen LogP contribution in [0.2, 0.25) is 0 Å². The van der Waals surface area contributed by atoms with Crippen molar-refractivity contribution >= 4 is 31.1 Å². The van der Waals surface area contributed by atoms with Gasteiger partial charge in [0.25, 0.3) is 0 Å². The van der Waals surface area contributed by atoms with Crippen LogP contribution in [0.1, 0.15) is 98.6 Å². The minimum atomic E-state index is -0.995. The zero-order chi connectivity index (χ0) is 36.2. The van der Waals surface area contributed by atoms with Gasteiger partial charge in [0.1, 0.15) is 18.2 Å². The van der Waals surface area contributed by atoms with Gasteiger partial charge in [0, 0.05) is 19.5 Å². The van der Waals surface area contributed by atoms with E-state index in [1.807, 2.05) is 45.0 Å². The standard InChI is InChI=1S/C37H55BN4O8/c1-9-13-29(38-49-28-17-24-16-27(36(24,6)7)37(28,8)50-38)39-31(43)26-18-25(48-34(46)41-19-22-14-11-12-15-23(22)20-41)21-42(26)32(44)30(35(3,4)5)40-33(45)47-10-2/h11-12,14-15,24-30H,9-10,13,16-21H2,1-8H3,(H,39,43)(H,40,45)/t24-,25-,26+,27-,28-,29+,30-,37+/m1/s1. The maximum atomic E-state index is 14.3. The lowest BCUT2D eigenvalue weighted by Crippen LogP contribution is -2.65. The molecule has 50 heavy (non-hydrogen) atoms. The predicted molar refractivity (Wildman–Crippen MR) is 186 cm³/mol. The fourth-order valence-electron chi connectivity index (χ4n) is 9.10. The van der Waals surface area contributed by atoms with E-state index < -0.39 is 60.4 Å². The highest BCUT2D eigenvalue weighted by molar-refractivity contribution is 6.47. The number of benzene rings is 1. The minimum Gasteiger partial charge on any atom is -0.450 e. The fraction of sp³-hybridized carbons (Fsp3) is 0.730. The summed E-state index contributed by atoms with van der Waals surface area (Å²) in [7, 11) is -0.618. The summed E-state index contributed by atoms with van der Waals surface area (Å²) < 4.78 is 24.4. The predicted octanol–water partition coefficient (Wildman–Crippen LogP) is 4.82.